The van der Waals surface area contributed by atoms with E-state index in [-0.39, 0.29) is 5.91 Å². The van der Waals surface area contributed by atoms with Gasteiger partial charge in [0.1, 0.15) is 5.75 Å². The van der Waals surface area contributed by atoms with E-state index in [1.165, 1.54) is 25.7 Å². The van der Waals surface area contributed by atoms with Crippen LogP contribution in [0.2, 0.25) is 0 Å². The van der Waals surface area contributed by atoms with Crippen molar-refractivity contribution in [1.82, 2.24) is 4.90 Å². The highest BCUT2D eigenvalue weighted by Crippen LogP contribution is 2.24. The maximum Gasteiger partial charge on any atom is 0.238 e. The molecule has 0 aliphatic carbocycles. The van der Waals surface area contributed by atoms with Crippen LogP contribution in [0.3, 0.4) is 0 Å². The lowest BCUT2D eigenvalue weighted by Crippen LogP contribution is -2.33. The van der Waals surface area contributed by atoms with Crippen LogP contribution in [0.1, 0.15) is 31.2 Å². The topological polar surface area (TPSA) is 53.6 Å². The molecule has 5 nitrogen and oxygen atoms in total. The number of hydrogen-bond acceptors (Lipinski definition) is 4. The fourth-order valence-corrected chi connectivity index (χ4v) is 3.86. The van der Waals surface area contributed by atoms with Gasteiger partial charge in [-0.1, -0.05) is 28.8 Å². The predicted octanol–water partition coefficient (Wildman–Crippen LogP) is 4.88. The molecule has 28 heavy (non-hydrogen) atoms. The Morgan fingerprint density at radius 3 is 2.39 bits per heavy atom. The predicted molar refractivity (Wildman–Crippen MR) is 118 cm³/mol. The van der Waals surface area contributed by atoms with Gasteiger partial charge in [-0.25, -0.2) is 0 Å². The summed E-state index contributed by atoms with van der Waals surface area (Å²) in [4.78, 5) is 14.6. The third-order valence-electron chi connectivity index (χ3n) is 4.96. The number of nitrogens with one attached hydrogen (secondary N) is 2. The molecule has 150 valence electrons. The van der Waals surface area contributed by atoms with Crippen molar-refractivity contribution >= 4 is 33.2 Å². The number of anilines is 2. The fourth-order valence-electron chi connectivity index (χ4n) is 3.45. The number of carbonyl (C=O) groups is 1. The van der Waals surface area contributed by atoms with E-state index >= 15 is 0 Å². The molecule has 2 N–H and O–H groups in total. The number of amides is 1. The number of rotatable bonds is 7. The van der Waals surface area contributed by atoms with Gasteiger partial charge in [-0.15, -0.1) is 0 Å². The van der Waals surface area contributed by atoms with E-state index in [1.54, 1.807) is 7.11 Å². The van der Waals surface area contributed by atoms with E-state index in [0.29, 0.717) is 13.1 Å². The standard InChI is InChI=1S/C22H28BrN3O2/c1-28-21-11-6-18(23)14-17(21)15-24-19-7-9-20(10-8-19)25-22(27)16-26-12-4-2-3-5-13-26/h6-11,14,24H,2-5,12-13,15-16H2,1H3,(H,25,27). The van der Waals surface area contributed by atoms with Gasteiger partial charge >= 0.3 is 0 Å². The van der Waals surface area contributed by atoms with E-state index in [1.807, 2.05) is 42.5 Å². The second kappa shape index (κ2) is 10.5. The summed E-state index contributed by atoms with van der Waals surface area (Å²) in [5, 5.41) is 6.40. The molecule has 1 saturated heterocycles. The molecule has 3 rings (SSSR count). The van der Waals surface area contributed by atoms with Crippen molar-refractivity contribution < 1.29 is 9.53 Å². The fraction of sp³-hybridized carbons (Fsp3) is 0.409. The van der Waals surface area contributed by atoms with Crippen molar-refractivity contribution in [2.24, 2.45) is 0 Å². The monoisotopic (exact) mass is 445 g/mol. The normalized spacial score (nSPS) is 14.9. The molecular weight excluding hydrogens is 418 g/mol. The average Bonchev–Trinajstić information content (AvgIpc) is 2.96. The van der Waals surface area contributed by atoms with E-state index < -0.39 is 0 Å². The van der Waals surface area contributed by atoms with Crippen LogP contribution in [-0.4, -0.2) is 37.6 Å². The van der Waals surface area contributed by atoms with Crippen LogP contribution in [0.4, 0.5) is 11.4 Å². The molecule has 1 aliphatic rings. The van der Waals surface area contributed by atoms with Crippen molar-refractivity contribution in [3.63, 3.8) is 0 Å². The number of likely N-dealkylation sites (tertiary alicyclic amines) is 1. The van der Waals surface area contributed by atoms with Gasteiger partial charge in [0.15, 0.2) is 0 Å². The second-order valence-electron chi connectivity index (χ2n) is 7.13. The van der Waals surface area contributed by atoms with Gasteiger partial charge in [-0.2, -0.15) is 0 Å². The Kier molecular flexibility index (Phi) is 7.74. The minimum atomic E-state index is 0.0569. The van der Waals surface area contributed by atoms with Gasteiger partial charge in [0, 0.05) is 28.0 Å². The number of ether oxygens (including phenoxy) is 1. The molecule has 0 spiro atoms. The lowest BCUT2D eigenvalue weighted by atomic mass is 10.2. The molecule has 0 atom stereocenters. The molecule has 2 aromatic carbocycles. The van der Waals surface area contributed by atoms with Crippen LogP contribution in [0.25, 0.3) is 0 Å². The zero-order valence-corrected chi connectivity index (χ0v) is 17.9. The highest BCUT2D eigenvalue weighted by Gasteiger charge is 2.13. The lowest BCUT2D eigenvalue weighted by Gasteiger charge is -2.19. The largest absolute Gasteiger partial charge is 0.496 e. The summed E-state index contributed by atoms with van der Waals surface area (Å²) < 4.78 is 6.43. The highest BCUT2D eigenvalue weighted by atomic mass is 79.9. The van der Waals surface area contributed by atoms with Gasteiger partial charge in [0.05, 0.1) is 13.7 Å². The molecule has 2 aromatic rings. The quantitative estimate of drug-likeness (QED) is 0.637. The first-order valence-corrected chi connectivity index (χ1v) is 10.6. The Morgan fingerprint density at radius 1 is 1.04 bits per heavy atom. The van der Waals surface area contributed by atoms with Gasteiger partial charge in [-0.05, 0) is 68.4 Å². The first kappa shape index (κ1) is 20.7. The molecule has 1 aliphatic heterocycles. The summed E-state index contributed by atoms with van der Waals surface area (Å²) in [6.45, 7) is 3.18. The molecule has 0 unspecified atom stereocenters. The van der Waals surface area contributed by atoms with E-state index in [4.69, 9.17) is 4.74 Å². The lowest BCUT2D eigenvalue weighted by molar-refractivity contribution is -0.117. The molecule has 1 heterocycles. The van der Waals surface area contributed by atoms with Crippen molar-refractivity contribution in [3.05, 3.63) is 52.5 Å². The molecule has 0 saturated carbocycles. The molecule has 0 radical (unpaired) electrons. The Bertz CT molecular complexity index is 772. The van der Waals surface area contributed by atoms with Crippen LogP contribution in [0, 0.1) is 0 Å². The van der Waals surface area contributed by atoms with Crippen LogP contribution < -0.4 is 15.4 Å². The Balaban J connectivity index is 1.50. The van der Waals surface area contributed by atoms with Crippen molar-refractivity contribution in [1.29, 1.82) is 0 Å². The van der Waals surface area contributed by atoms with E-state index in [9.17, 15) is 4.79 Å². The summed E-state index contributed by atoms with van der Waals surface area (Å²) in [5.41, 5.74) is 2.89. The molecule has 1 fully saturated rings. The zero-order valence-electron chi connectivity index (χ0n) is 16.3. The average molecular weight is 446 g/mol. The van der Waals surface area contributed by atoms with Gasteiger partial charge in [-0.3, -0.25) is 9.69 Å². The summed E-state index contributed by atoms with van der Waals surface area (Å²) in [6, 6.07) is 13.8. The number of benzene rings is 2. The zero-order chi connectivity index (χ0) is 19.8. The van der Waals surface area contributed by atoms with Crippen LogP contribution >= 0.6 is 15.9 Å². The number of carbonyl (C=O) groups excluding carboxylic acids is 1. The maximum absolute atomic E-state index is 12.3. The van der Waals surface area contributed by atoms with Gasteiger partial charge in [0.2, 0.25) is 5.91 Å². The SMILES string of the molecule is COc1ccc(Br)cc1CNc1ccc(NC(=O)CN2CCCCCC2)cc1. The molecule has 0 aromatic heterocycles. The first-order valence-electron chi connectivity index (χ1n) is 9.82. The molecule has 0 bridgehead atoms. The highest BCUT2D eigenvalue weighted by molar-refractivity contribution is 9.10. The van der Waals surface area contributed by atoms with E-state index in [2.05, 4.69) is 31.5 Å². The number of hydrogen-bond donors (Lipinski definition) is 2. The maximum atomic E-state index is 12.3. The first-order chi connectivity index (χ1) is 13.6. The van der Waals surface area contributed by atoms with Crippen LogP contribution in [-0.2, 0) is 11.3 Å². The minimum Gasteiger partial charge on any atom is -0.496 e. The minimum absolute atomic E-state index is 0.0569. The second-order valence-corrected chi connectivity index (χ2v) is 8.04. The third-order valence-corrected chi connectivity index (χ3v) is 5.45. The van der Waals surface area contributed by atoms with Crippen molar-refractivity contribution in [3.8, 4) is 5.75 Å². The molecular formula is C22H28BrN3O2. The Labute approximate surface area is 175 Å². The smallest absolute Gasteiger partial charge is 0.238 e. The Morgan fingerprint density at radius 2 is 1.71 bits per heavy atom. The molecule has 6 heteroatoms. The summed E-state index contributed by atoms with van der Waals surface area (Å²) >= 11 is 3.50. The van der Waals surface area contributed by atoms with Crippen LogP contribution in [0.15, 0.2) is 46.9 Å². The van der Waals surface area contributed by atoms with Crippen molar-refractivity contribution in [2.45, 2.75) is 32.2 Å². The van der Waals surface area contributed by atoms with Crippen LogP contribution in [0.5, 0.6) is 5.75 Å². The summed E-state index contributed by atoms with van der Waals surface area (Å²) in [5.74, 6) is 0.912. The number of halogens is 1. The number of methoxy groups -OCH3 is 1. The van der Waals surface area contributed by atoms with Crippen molar-refractivity contribution in [2.75, 3.05) is 37.4 Å². The van der Waals surface area contributed by atoms with Gasteiger partial charge in [0.25, 0.3) is 0 Å². The van der Waals surface area contributed by atoms with E-state index in [0.717, 1.165) is 40.2 Å². The Hall–Kier alpha value is -2.05. The number of nitrogens with zero attached hydrogens (tertiary/aromatic N) is 1. The van der Waals surface area contributed by atoms with Gasteiger partial charge < -0.3 is 15.4 Å². The third kappa shape index (κ3) is 6.24. The summed E-state index contributed by atoms with van der Waals surface area (Å²) in [7, 11) is 1.68. The summed E-state index contributed by atoms with van der Waals surface area (Å²) in [6.07, 6.45) is 4.93. The molecule has 1 amide bonds.